The highest BCUT2D eigenvalue weighted by Crippen LogP contribution is 1.94. The minimum atomic E-state index is -3.53. The lowest BCUT2D eigenvalue weighted by Gasteiger charge is -2.05. The summed E-state index contributed by atoms with van der Waals surface area (Å²) in [6, 6.07) is -0.446. The molecule has 0 aromatic rings. The van der Waals surface area contributed by atoms with Crippen molar-refractivity contribution in [3.05, 3.63) is 0 Å². The SMILES string of the molecule is CC(N)CS(=O)(=O)OCCO. The van der Waals surface area contributed by atoms with Gasteiger partial charge in [0.05, 0.1) is 19.0 Å². The molecule has 0 amide bonds. The van der Waals surface area contributed by atoms with E-state index in [9.17, 15) is 8.42 Å². The Hall–Kier alpha value is -0.170. The third-order valence-electron chi connectivity index (χ3n) is 0.821. The fraction of sp³-hybridized carbons (Fsp3) is 1.00. The summed E-state index contributed by atoms with van der Waals surface area (Å²) in [7, 11) is -3.53. The Morgan fingerprint density at radius 2 is 2.18 bits per heavy atom. The molecular formula is C5H13NO4S. The van der Waals surface area contributed by atoms with Crippen LogP contribution in [0.5, 0.6) is 0 Å². The highest BCUT2D eigenvalue weighted by molar-refractivity contribution is 7.86. The van der Waals surface area contributed by atoms with Crippen LogP contribution >= 0.6 is 0 Å². The first-order chi connectivity index (χ1) is 4.98. The van der Waals surface area contributed by atoms with Crippen LogP contribution in [0.2, 0.25) is 0 Å². The Bertz CT molecular complexity index is 187. The molecule has 0 spiro atoms. The summed E-state index contributed by atoms with van der Waals surface area (Å²) in [5, 5.41) is 8.24. The molecule has 0 radical (unpaired) electrons. The number of nitrogens with two attached hydrogens (primary N) is 1. The summed E-state index contributed by atoms with van der Waals surface area (Å²) < 4.78 is 25.9. The van der Waals surface area contributed by atoms with E-state index in [-0.39, 0.29) is 19.0 Å². The van der Waals surface area contributed by atoms with Gasteiger partial charge >= 0.3 is 0 Å². The van der Waals surface area contributed by atoms with Gasteiger partial charge in [0.15, 0.2) is 0 Å². The maximum absolute atomic E-state index is 10.8. The smallest absolute Gasteiger partial charge is 0.268 e. The Kier molecular flexibility index (Phi) is 4.58. The van der Waals surface area contributed by atoms with Crippen molar-refractivity contribution in [1.29, 1.82) is 0 Å². The third-order valence-corrected chi connectivity index (χ3v) is 2.28. The minimum Gasteiger partial charge on any atom is -0.394 e. The minimum absolute atomic E-state index is 0.199. The zero-order valence-corrected chi connectivity index (χ0v) is 7.17. The van der Waals surface area contributed by atoms with Gasteiger partial charge in [-0.25, -0.2) is 0 Å². The molecule has 0 aromatic carbocycles. The van der Waals surface area contributed by atoms with Gasteiger partial charge in [-0.3, -0.25) is 4.18 Å². The van der Waals surface area contributed by atoms with Gasteiger partial charge in [-0.1, -0.05) is 0 Å². The van der Waals surface area contributed by atoms with Gasteiger partial charge in [0.25, 0.3) is 10.1 Å². The molecule has 0 aliphatic heterocycles. The van der Waals surface area contributed by atoms with Gasteiger partial charge in [0.2, 0.25) is 0 Å². The van der Waals surface area contributed by atoms with Crippen LogP contribution in [0.15, 0.2) is 0 Å². The normalized spacial score (nSPS) is 14.8. The molecule has 0 saturated carbocycles. The molecular weight excluding hydrogens is 170 g/mol. The van der Waals surface area contributed by atoms with E-state index in [1.165, 1.54) is 0 Å². The number of rotatable bonds is 5. The molecule has 0 bridgehead atoms. The van der Waals surface area contributed by atoms with Crippen LogP contribution in [0.1, 0.15) is 6.92 Å². The van der Waals surface area contributed by atoms with E-state index in [2.05, 4.69) is 4.18 Å². The Morgan fingerprint density at radius 3 is 2.55 bits per heavy atom. The van der Waals surface area contributed by atoms with Crippen LogP contribution in [0.4, 0.5) is 0 Å². The highest BCUT2D eigenvalue weighted by atomic mass is 32.2. The Morgan fingerprint density at radius 1 is 1.64 bits per heavy atom. The van der Waals surface area contributed by atoms with Crippen LogP contribution in [0.3, 0.4) is 0 Å². The number of aliphatic hydroxyl groups excluding tert-OH is 1. The summed E-state index contributed by atoms with van der Waals surface area (Å²) >= 11 is 0. The monoisotopic (exact) mass is 183 g/mol. The molecule has 6 heteroatoms. The number of aliphatic hydroxyl groups is 1. The summed E-state index contributed by atoms with van der Waals surface area (Å²) in [5.41, 5.74) is 5.23. The van der Waals surface area contributed by atoms with Crippen molar-refractivity contribution in [3.8, 4) is 0 Å². The topological polar surface area (TPSA) is 89.6 Å². The zero-order chi connectivity index (χ0) is 8.91. The van der Waals surface area contributed by atoms with Crippen molar-refractivity contribution < 1.29 is 17.7 Å². The standard InChI is InChI=1S/C5H13NO4S/c1-5(6)4-11(8,9)10-3-2-7/h5,7H,2-4,6H2,1H3. The van der Waals surface area contributed by atoms with Crippen molar-refractivity contribution >= 4 is 10.1 Å². The van der Waals surface area contributed by atoms with Crippen LogP contribution in [-0.4, -0.2) is 38.5 Å². The second-order valence-corrected chi connectivity index (χ2v) is 3.93. The molecule has 0 fully saturated rings. The molecule has 1 unspecified atom stereocenters. The van der Waals surface area contributed by atoms with Gasteiger partial charge in [0.1, 0.15) is 0 Å². The van der Waals surface area contributed by atoms with E-state index in [4.69, 9.17) is 10.8 Å². The second kappa shape index (κ2) is 4.66. The highest BCUT2D eigenvalue weighted by Gasteiger charge is 2.12. The predicted octanol–water partition coefficient (Wildman–Crippen LogP) is -1.33. The first-order valence-electron chi connectivity index (χ1n) is 3.21. The molecule has 0 aliphatic rings. The van der Waals surface area contributed by atoms with Crippen LogP contribution in [0, 0.1) is 0 Å². The van der Waals surface area contributed by atoms with Crippen LogP contribution < -0.4 is 5.73 Å². The van der Waals surface area contributed by atoms with Crippen molar-refractivity contribution in [2.75, 3.05) is 19.0 Å². The molecule has 1 atom stereocenters. The van der Waals surface area contributed by atoms with Gasteiger partial charge < -0.3 is 10.8 Å². The van der Waals surface area contributed by atoms with Crippen molar-refractivity contribution in [2.45, 2.75) is 13.0 Å². The molecule has 0 aromatic heterocycles. The Labute approximate surface area is 66.3 Å². The van der Waals surface area contributed by atoms with E-state index in [0.29, 0.717) is 0 Å². The van der Waals surface area contributed by atoms with Gasteiger partial charge in [-0.2, -0.15) is 8.42 Å². The Balaban J connectivity index is 3.82. The van der Waals surface area contributed by atoms with Gasteiger partial charge in [-0.15, -0.1) is 0 Å². The molecule has 0 heterocycles. The van der Waals surface area contributed by atoms with E-state index in [0.717, 1.165) is 0 Å². The number of hydrogen-bond donors (Lipinski definition) is 2. The first kappa shape index (κ1) is 10.8. The molecule has 0 aliphatic carbocycles. The lowest BCUT2D eigenvalue weighted by atomic mass is 10.4. The van der Waals surface area contributed by atoms with Crippen molar-refractivity contribution in [2.24, 2.45) is 5.73 Å². The van der Waals surface area contributed by atoms with E-state index < -0.39 is 16.2 Å². The quantitative estimate of drug-likeness (QED) is 0.515. The van der Waals surface area contributed by atoms with Crippen molar-refractivity contribution in [1.82, 2.24) is 0 Å². The molecule has 0 rings (SSSR count). The van der Waals surface area contributed by atoms with Crippen LogP contribution in [-0.2, 0) is 14.3 Å². The molecule has 3 N–H and O–H groups in total. The van der Waals surface area contributed by atoms with E-state index in [1.54, 1.807) is 6.92 Å². The molecule has 5 nitrogen and oxygen atoms in total. The summed E-state index contributed by atoms with van der Waals surface area (Å²) in [4.78, 5) is 0. The zero-order valence-electron chi connectivity index (χ0n) is 6.36. The van der Waals surface area contributed by atoms with Gasteiger partial charge in [0, 0.05) is 6.04 Å². The molecule has 11 heavy (non-hydrogen) atoms. The average Bonchev–Trinajstić information content (AvgIpc) is 1.81. The van der Waals surface area contributed by atoms with Gasteiger partial charge in [-0.05, 0) is 6.92 Å². The maximum atomic E-state index is 10.8. The lowest BCUT2D eigenvalue weighted by Crippen LogP contribution is -2.27. The largest absolute Gasteiger partial charge is 0.394 e. The summed E-state index contributed by atoms with van der Waals surface area (Å²) in [5.74, 6) is -0.215. The summed E-state index contributed by atoms with van der Waals surface area (Å²) in [6.45, 7) is 1.06. The average molecular weight is 183 g/mol. The third kappa shape index (κ3) is 6.24. The predicted molar refractivity (Wildman–Crippen MR) is 40.5 cm³/mol. The second-order valence-electron chi connectivity index (χ2n) is 2.25. The van der Waals surface area contributed by atoms with E-state index >= 15 is 0 Å². The summed E-state index contributed by atoms with van der Waals surface area (Å²) in [6.07, 6.45) is 0. The maximum Gasteiger partial charge on any atom is 0.268 e. The first-order valence-corrected chi connectivity index (χ1v) is 4.79. The van der Waals surface area contributed by atoms with Crippen molar-refractivity contribution in [3.63, 3.8) is 0 Å². The molecule has 68 valence electrons. The lowest BCUT2D eigenvalue weighted by molar-refractivity contribution is 0.205. The van der Waals surface area contributed by atoms with Crippen LogP contribution in [0.25, 0.3) is 0 Å². The fourth-order valence-electron chi connectivity index (χ4n) is 0.534. The number of hydrogen-bond acceptors (Lipinski definition) is 5. The fourth-order valence-corrected chi connectivity index (χ4v) is 1.60. The van der Waals surface area contributed by atoms with E-state index in [1.807, 2.05) is 0 Å². The molecule has 0 saturated heterocycles.